The SMILES string of the molecule is CC1CCc2[nH]ncc2C1C(=O)Nc1n[nH]c2c1NCCC2. The molecule has 2 aromatic heterocycles. The molecule has 7 heteroatoms. The quantitative estimate of drug-likeness (QED) is 0.679. The van der Waals surface area contributed by atoms with Crippen LogP contribution in [0.5, 0.6) is 0 Å². The summed E-state index contributed by atoms with van der Waals surface area (Å²) in [7, 11) is 0. The molecule has 116 valence electrons. The molecule has 0 radical (unpaired) electrons. The summed E-state index contributed by atoms with van der Waals surface area (Å²) >= 11 is 0. The molecule has 2 aliphatic rings. The third-order valence-corrected chi connectivity index (χ3v) is 4.78. The number of fused-ring (bicyclic) bond motifs is 2. The summed E-state index contributed by atoms with van der Waals surface area (Å²) in [5.74, 6) is 0.741. The van der Waals surface area contributed by atoms with Gasteiger partial charge in [0.25, 0.3) is 0 Å². The molecule has 0 saturated heterocycles. The molecule has 1 aliphatic heterocycles. The van der Waals surface area contributed by atoms with Gasteiger partial charge in [-0.1, -0.05) is 6.92 Å². The van der Waals surface area contributed by atoms with Gasteiger partial charge in [-0.2, -0.15) is 10.2 Å². The van der Waals surface area contributed by atoms with Crippen LogP contribution in [0.4, 0.5) is 11.5 Å². The van der Waals surface area contributed by atoms with Crippen LogP contribution in [0.25, 0.3) is 0 Å². The predicted molar refractivity (Wildman–Crippen MR) is 82.8 cm³/mol. The second-order valence-corrected chi connectivity index (χ2v) is 6.24. The minimum Gasteiger partial charge on any atom is -0.381 e. The van der Waals surface area contributed by atoms with Gasteiger partial charge in [0.15, 0.2) is 5.82 Å². The van der Waals surface area contributed by atoms with Crippen molar-refractivity contribution in [3.8, 4) is 0 Å². The number of nitrogens with one attached hydrogen (secondary N) is 4. The molecule has 0 saturated carbocycles. The van der Waals surface area contributed by atoms with Crippen molar-refractivity contribution in [2.45, 2.75) is 38.5 Å². The largest absolute Gasteiger partial charge is 0.381 e. The number of nitrogens with zero attached hydrogens (tertiary/aromatic N) is 2. The van der Waals surface area contributed by atoms with Gasteiger partial charge in [0, 0.05) is 17.8 Å². The molecule has 0 fully saturated rings. The van der Waals surface area contributed by atoms with Crippen molar-refractivity contribution < 1.29 is 4.79 Å². The lowest BCUT2D eigenvalue weighted by Crippen LogP contribution is -2.30. The van der Waals surface area contributed by atoms with Crippen LogP contribution in [-0.2, 0) is 17.6 Å². The minimum atomic E-state index is -0.168. The molecule has 2 unspecified atom stereocenters. The van der Waals surface area contributed by atoms with Crippen molar-refractivity contribution in [2.24, 2.45) is 5.92 Å². The second kappa shape index (κ2) is 5.15. The fourth-order valence-corrected chi connectivity index (χ4v) is 3.55. The number of hydrogen-bond donors (Lipinski definition) is 4. The number of amides is 1. The van der Waals surface area contributed by atoms with E-state index in [0.29, 0.717) is 11.7 Å². The van der Waals surface area contributed by atoms with Crippen molar-refractivity contribution in [2.75, 3.05) is 17.2 Å². The van der Waals surface area contributed by atoms with Crippen molar-refractivity contribution in [3.05, 3.63) is 23.1 Å². The Balaban J connectivity index is 1.59. The van der Waals surface area contributed by atoms with Gasteiger partial charge < -0.3 is 10.6 Å². The van der Waals surface area contributed by atoms with Gasteiger partial charge >= 0.3 is 0 Å². The third-order valence-electron chi connectivity index (χ3n) is 4.78. The van der Waals surface area contributed by atoms with E-state index in [9.17, 15) is 4.79 Å². The molecule has 4 N–H and O–H groups in total. The molecule has 4 rings (SSSR count). The molecule has 22 heavy (non-hydrogen) atoms. The van der Waals surface area contributed by atoms with Gasteiger partial charge in [0.05, 0.1) is 17.8 Å². The van der Waals surface area contributed by atoms with Crippen molar-refractivity contribution >= 4 is 17.4 Å². The van der Waals surface area contributed by atoms with E-state index in [1.165, 1.54) is 0 Å². The Morgan fingerprint density at radius 2 is 2.23 bits per heavy atom. The van der Waals surface area contributed by atoms with E-state index in [2.05, 4.69) is 38.0 Å². The van der Waals surface area contributed by atoms with Crippen LogP contribution in [0, 0.1) is 5.92 Å². The average Bonchev–Trinajstić information content (AvgIpc) is 3.14. The van der Waals surface area contributed by atoms with Crippen LogP contribution < -0.4 is 10.6 Å². The Hall–Kier alpha value is -2.31. The first-order valence-electron chi connectivity index (χ1n) is 7.88. The predicted octanol–water partition coefficient (Wildman–Crippen LogP) is 1.80. The number of aromatic amines is 2. The zero-order chi connectivity index (χ0) is 15.1. The normalized spacial score (nSPS) is 23.3. The topological polar surface area (TPSA) is 98.5 Å². The molecule has 2 aromatic rings. The van der Waals surface area contributed by atoms with Crippen LogP contribution in [0.15, 0.2) is 6.20 Å². The summed E-state index contributed by atoms with van der Waals surface area (Å²) < 4.78 is 0. The highest BCUT2D eigenvalue weighted by Gasteiger charge is 2.34. The van der Waals surface area contributed by atoms with Crippen LogP contribution in [0.1, 0.15) is 42.6 Å². The number of rotatable bonds is 2. The van der Waals surface area contributed by atoms with E-state index >= 15 is 0 Å². The molecule has 7 nitrogen and oxygen atoms in total. The lowest BCUT2D eigenvalue weighted by atomic mass is 9.78. The highest BCUT2D eigenvalue weighted by molar-refractivity contribution is 5.98. The molecule has 1 aliphatic carbocycles. The van der Waals surface area contributed by atoms with E-state index in [-0.39, 0.29) is 11.8 Å². The number of carbonyl (C=O) groups excluding carboxylic acids is 1. The van der Waals surface area contributed by atoms with Crippen LogP contribution >= 0.6 is 0 Å². The Bertz CT molecular complexity index is 703. The zero-order valence-electron chi connectivity index (χ0n) is 12.6. The van der Waals surface area contributed by atoms with Crippen LogP contribution in [0.3, 0.4) is 0 Å². The highest BCUT2D eigenvalue weighted by Crippen LogP contribution is 2.36. The van der Waals surface area contributed by atoms with Gasteiger partial charge in [0.1, 0.15) is 5.69 Å². The minimum absolute atomic E-state index is 0.00322. The van der Waals surface area contributed by atoms with E-state index in [1.807, 2.05) is 0 Å². The number of anilines is 2. The summed E-state index contributed by atoms with van der Waals surface area (Å²) in [5.41, 5.74) is 4.12. The molecule has 2 atom stereocenters. The maximum atomic E-state index is 12.8. The number of carbonyl (C=O) groups is 1. The fourth-order valence-electron chi connectivity index (χ4n) is 3.55. The maximum absolute atomic E-state index is 12.8. The van der Waals surface area contributed by atoms with Crippen LogP contribution in [0.2, 0.25) is 0 Å². The lowest BCUT2D eigenvalue weighted by molar-refractivity contribution is -0.118. The fraction of sp³-hybridized carbons (Fsp3) is 0.533. The molecule has 0 bridgehead atoms. The second-order valence-electron chi connectivity index (χ2n) is 6.24. The van der Waals surface area contributed by atoms with E-state index < -0.39 is 0 Å². The van der Waals surface area contributed by atoms with Crippen molar-refractivity contribution in [1.82, 2.24) is 20.4 Å². The Morgan fingerprint density at radius 3 is 3.14 bits per heavy atom. The maximum Gasteiger partial charge on any atom is 0.233 e. The molecule has 0 spiro atoms. The van der Waals surface area contributed by atoms with Gasteiger partial charge in [0.2, 0.25) is 5.91 Å². The summed E-state index contributed by atoms with van der Waals surface area (Å²) in [6.45, 7) is 3.04. The average molecular weight is 300 g/mol. The number of H-pyrrole nitrogens is 2. The first-order valence-corrected chi connectivity index (χ1v) is 7.88. The first kappa shape index (κ1) is 13.4. The van der Waals surface area contributed by atoms with Gasteiger partial charge in [-0.15, -0.1) is 0 Å². The van der Waals surface area contributed by atoms with E-state index in [1.54, 1.807) is 6.20 Å². The van der Waals surface area contributed by atoms with E-state index in [4.69, 9.17) is 0 Å². The lowest BCUT2D eigenvalue weighted by Gasteiger charge is -2.27. The molecule has 1 amide bonds. The van der Waals surface area contributed by atoms with Crippen LogP contribution in [-0.4, -0.2) is 32.8 Å². The standard InChI is InChI=1S/C15H20N6O/c1-8-4-5-10-9(7-17-19-10)12(8)15(22)18-14-13-11(20-21-14)3-2-6-16-13/h7-8,12,16H,2-6H2,1H3,(H,17,19)(H2,18,20,21,22). The first-order chi connectivity index (χ1) is 10.7. The highest BCUT2D eigenvalue weighted by atomic mass is 16.2. The Morgan fingerprint density at radius 1 is 1.32 bits per heavy atom. The monoisotopic (exact) mass is 300 g/mol. The number of hydrogen-bond acceptors (Lipinski definition) is 4. The zero-order valence-corrected chi connectivity index (χ0v) is 12.6. The van der Waals surface area contributed by atoms with Gasteiger partial charge in [-0.3, -0.25) is 15.0 Å². The van der Waals surface area contributed by atoms with Crippen molar-refractivity contribution in [1.29, 1.82) is 0 Å². The molecular weight excluding hydrogens is 280 g/mol. The summed E-state index contributed by atoms with van der Waals surface area (Å²) in [4.78, 5) is 12.8. The summed E-state index contributed by atoms with van der Waals surface area (Å²) in [6, 6.07) is 0. The van der Waals surface area contributed by atoms with Crippen molar-refractivity contribution in [3.63, 3.8) is 0 Å². The number of aromatic nitrogens is 4. The Kier molecular flexibility index (Phi) is 3.13. The van der Waals surface area contributed by atoms with E-state index in [0.717, 1.165) is 54.9 Å². The molecule has 0 aromatic carbocycles. The Labute approximate surface area is 128 Å². The molecule has 3 heterocycles. The summed E-state index contributed by atoms with van der Waals surface area (Å²) in [5, 5.41) is 20.7. The summed E-state index contributed by atoms with van der Waals surface area (Å²) in [6.07, 6.45) is 5.79. The van der Waals surface area contributed by atoms with Gasteiger partial charge in [-0.05, 0) is 31.6 Å². The van der Waals surface area contributed by atoms with Gasteiger partial charge in [-0.25, -0.2) is 0 Å². The third kappa shape index (κ3) is 2.08. The molecular formula is C15H20N6O. The smallest absolute Gasteiger partial charge is 0.233 e. The number of aryl methyl sites for hydroxylation is 2.